The average Bonchev–Trinajstić information content (AvgIpc) is 3.32. The first-order valence-corrected chi connectivity index (χ1v) is 10.9. The van der Waals surface area contributed by atoms with Gasteiger partial charge in [0.05, 0.1) is 18.4 Å². The lowest BCUT2D eigenvalue weighted by atomic mass is 9.91. The summed E-state index contributed by atoms with van der Waals surface area (Å²) in [4.78, 5) is 17.3. The first-order chi connectivity index (χ1) is 15.9. The highest BCUT2D eigenvalue weighted by Gasteiger charge is 2.38. The maximum absolute atomic E-state index is 13.9. The maximum Gasteiger partial charge on any atom is 0.437 e. The molecule has 1 amide bonds. The number of amides is 1. The zero-order chi connectivity index (χ0) is 24.7. The van der Waals surface area contributed by atoms with Crippen LogP contribution in [0.15, 0.2) is 24.7 Å². The second-order valence-electron chi connectivity index (χ2n) is 9.10. The van der Waals surface area contributed by atoms with Gasteiger partial charge in [0.2, 0.25) is 0 Å². The molecule has 0 aromatic carbocycles. The molecular formula is C21H26F4N8O. The van der Waals surface area contributed by atoms with E-state index in [9.17, 15) is 22.4 Å². The minimum atomic E-state index is -4.84. The SMILES string of the molecule is CC(C)(F)Cn1cc(NC(=O)c2cnn3ccc(N[C@@H]4CCCC[C@@H]4N)nc23)c(C(F)(F)F)n1. The minimum Gasteiger partial charge on any atom is -0.366 e. The first kappa shape index (κ1) is 23.9. The van der Waals surface area contributed by atoms with E-state index in [1.54, 1.807) is 12.3 Å². The number of carbonyl (C=O) groups excluding carboxylic acids is 1. The quantitative estimate of drug-likeness (QED) is 0.462. The molecule has 0 saturated heterocycles. The lowest BCUT2D eigenvalue weighted by Crippen LogP contribution is -2.42. The van der Waals surface area contributed by atoms with Gasteiger partial charge >= 0.3 is 6.18 Å². The van der Waals surface area contributed by atoms with Crippen molar-refractivity contribution in [3.63, 3.8) is 0 Å². The molecule has 3 aromatic rings. The number of aromatic nitrogens is 5. The fourth-order valence-electron chi connectivity index (χ4n) is 4.02. The smallest absolute Gasteiger partial charge is 0.366 e. The van der Waals surface area contributed by atoms with Crippen molar-refractivity contribution in [2.75, 3.05) is 10.6 Å². The number of nitrogens with one attached hydrogen (secondary N) is 2. The average molecular weight is 482 g/mol. The van der Waals surface area contributed by atoms with Crippen LogP contribution in [0.25, 0.3) is 5.65 Å². The Morgan fingerprint density at radius 3 is 2.65 bits per heavy atom. The largest absolute Gasteiger partial charge is 0.437 e. The number of nitrogens with zero attached hydrogens (tertiary/aromatic N) is 5. The van der Waals surface area contributed by atoms with Gasteiger partial charge in [0.1, 0.15) is 17.1 Å². The first-order valence-electron chi connectivity index (χ1n) is 10.9. The second kappa shape index (κ2) is 8.85. The van der Waals surface area contributed by atoms with Gasteiger partial charge in [-0.1, -0.05) is 12.8 Å². The van der Waals surface area contributed by atoms with Crippen LogP contribution in [-0.2, 0) is 12.7 Å². The number of rotatable bonds is 6. The van der Waals surface area contributed by atoms with E-state index in [4.69, 9.17) is 5.73 Å². The number of hydrogen-bond donors (Lipinski definition) is 3. The van der Waals surface area contributed by atoms with Crippen molar-refractivity contribution >= 4 is 23.1 Å². The van der Waals surface area contributed by atoms with Gasteiger partial charge in [-0.15, -0.1) is 0 Å². The molecule has 4 rings (SSSR count). The van der Waals surface area contributed by atoms with Crippen LogP contribution >= 0.6 is 0 Å². The monoisotopic (exact) mass is 482 g/mol. The summed E-state index contributed by atoms with van der Waals surface area (Å²) >= 11 is 0. The topological polar surface area (TPSA) is 115 Å². The van der Waals surface area contributed by atoms with Crippen LogP contribution in [0.4, 0.5) is 29.1 Å². The Bertz CT molecular complexity index is 1180. The fourth-order valence-corrected chi connectivity index (χ4v) is 4.02. The van der Waals surface area contributed by atoms with Crippen molar-refractivity contribution in [3.05, 3.63) is 35.9 Å². The number of halogens is 4. The predicted octanol–water partition coefficient (Wildman–Crippen LogP) is 3.63. The molecule has 3 heterocycles. The molecule has 1 aliphatic carbocycles. The van der Waals surface area contributed by atoms with Gasteiger partial charge < -0.3 is 16.4 Å². The van der Waals surface area contributed by atoms with Gasteiger partial charge in [-0.3, -0.25) is 9.48 Å². The van der Waals surface area contributed by atoms with E-state index >= 15 is 0 Å². The third-order valence-corrected chi connectivity index (χ3v) is 5.58. The van der Waals surface area contributed by atoms with Crippen molar-refractivity contribution in [2.45, 2.75) is 70.0 Å². The summed E-state index contributed by atoms with van der Waals surface area (Å²) in [7, 11) is 0. The van der Waals surface area contributed by atoms with Gasteiger partial charge in [-0.05, 0) is 32.8 Å². The molecule has 3 aromatic heterocycles. The van der Waals surface area contributed by atoms with Gasteiger partial charge in [-0.2, -0.15) is 23.4 Å². The number of carbonyl (C=O) groups is 1. The van der Waals surface area contributed by atoms with Crippen LogP contribution < -0.4 is 16.4 Å². The molecule has 1 saturated carbocycles. The van der Waals surface area contributed by atoms with Crippen molar-refractivity contribution in [3.8, 4) is 0 Å². The Kier molecular flexibility index (Phi) is 6.23. The molecule has 0 unspecified atom stereocenters. The molecule has 1 aliphatic rings. The minimum absolute atomic E-state index is 0.0221. The van der Waals surface area contributed by atoms with Crippen LogP contribution in [0.5, 0.6) is 0 Å². The maximum atomic E-state index is 13.9. The molecule has 0 radical (unpaired) electrons. The van der Waals surface area contributed by atoms with Gasteiger partial charge in [0, 0.05) is 24.5 Å². The van der Waals surface area contributed by atoms with Crippen molar-refractivity contribution in [2.24, 2.45) is 5.73 Å². The highest BCUT2D eigenvalue weighted by Crippen LogP contribution is 2.34. The van der Waals surface area contributed by atoms with Gasteiger partial charge in [0.25, 0.3) is 5.91 Å². The van der Waals surface area contributed by atoms with Gasteiger partial charge in [0.15, 0.2) is 11.3 Å². The van der Waals surface area contributed by atoms with E-state index in [1.807, 2.05) is 0 Å². The molecule has 184 valence electrons. The molecule has 13 heteroatoms. The van der Waals surface area contributed by atoms with Crippen molar-refractivity contribution in [1.29, 1.82) is 0 Å². The number of nitrogens with two attached hydrogens (primary N) is 1. The van der Waals surface area contributed by atoms with Gasteiger partial charge in [-0.25, -0.2) is 13.9 Å². The summed E-state index contributed by atoms with van der Waals surface area (Å²) in [6.07, 6.45) is 2.83. The van der Waals surface area contributed by atoms with E-state index < -0.39 is 35.7 Å². The molecular weight excluding hydrogens is 456 g/mol. The van der Waals surface area contributed by atoms with Crippen LogP contribution in [0.2, 0.25) is 0 Å². The summed E-state index contributed by atoms with van der Waals surface area (Å²) in [6, 6.07) is 1.70. The Labute approximate surface area is 192 Å². The van der Waals surface area contributed by atoms with E-state index in [-0.39, 0.29) is 23.3 Å². The Morgan fingerprint density at radius 2 is 1.97 bits per heavy atom. The summed E-state index contributed by atoms with van der Waals surface area (Å²) in [5, 5.41) is 13.0. The number of anilines is 2. The molecule has 4 N–H and O–H groups in total. The molecule has 2 atom stereocenters. The lowest BCUT2D eigenvalue weighted by Gasteiger charge is -2.29. The molecule has 0 aliphatic heterocycles. The molecule has 9 nitrogen and oxygen atoms in total. The summed E-state index contributed by atoms with van der Waals surface area (Å²) in [6.45, 7) is 2.02. The van der Waals surface area contributed by atoms with Crippen molar-refractivity contribution in [1.82, 2.24) is 24.4 Å². The molecule has 34 heavy (non-hydrogen) atoms. The van der Waals surface area contributed by atoms with E-state index in [1.165, 1.54) is 24.6 Å². The summed E-state index contributed by atoms with van der Waals surface area (Å²) < 4.78 is 56.5. The standard InChI is InChI=1S/C21H26F4N8O/c1-20(2,22)11-32-10-15(17(31-32)21(23,24)25)29-19(34)12-9-27-33-8-7-16(30-18(12)33)28-14-6-4-3-5-13(14)26/h7-10,13-14H,3-6,11,26H2,1-2H3,(H,28,30)(H,29,34)/t13-,14+/m0/s1. The fraction of sp³-hybridized carbons (Fsp3) is 0.524. The Morgan fingerprint density at radius 1 is 1.24 bits per heavy atom. The molecule has 0 bridgehead atoms. The highest BCUT2D eigenvalue weighted by atomic mass is 19.4. The molecule has 0 spiro atoms. The van der Waals surface area contributed by atoms with Crippen LogP contribution in [0.3, 0.4) is 0 Å². The normalized spacial score (nSPS) is 19.4. The Hall–Kier alpha value is -3.22. The second-order valence-corrected chi connectivity index (χ2v) is 9.10. The summed E-state index contributed by atoms with van der Waals surface area (Å²) in [5.74, 6) is -0.364. The van der Waals surface area contributed by atoms with E-state index in [0.717, 1.165) is 36.6 Å². The number of fused-ring (bicyclic) bond motifs is 1. The zero-order valence-corrected chi connectivity index (χ0v) is 18.7. The Balaban J connectivity index is 1.59. The third-order valence-electron chi connectivity index (χ3n) is 5.58. The lowest BCUT2D eigenvalue weighted by molar-refractivity contribution is -0.141. The predicted molar refractivity (Wildman–Crippen MR) is 117 cm³/mol. The van der Waals surface area contributed by atoms with E-state index in [2.05, 4.69) is 25.8 Å². The van der Waals surface area contributed by atoms with Crippen LogP contribution in [-0.4, -0.2) is 48.0 Å². The summed E-state index contributed by atoms with van der Waals surface area (Å²) in [5.41, 5.74) is 2.62. The van der Waals surface area contributed by atoms with E-state index in [0.29, 0.717) is 5.82 Å². The molecule has 1 fully saturated rings. The van der Waals surface area contributed by atoms with Crippen molar-refractivity contribution < 1.29 is 22.4 Å². The number of alkyl halides is 4. The van der Waals surface area contributed by atoms with Crippen LogP contribution in [0.1, 0.15) is 55.6 Å². The zero-order valence-electron chi connectivity index (χ0n) is 18.7. The highest BCUT2D eigenvalue weighted by molar-refractivity contribution is 6.08. The van der Waals surface area contributed by atoms with Crippen LogP contribution in [0, 0.1) is 0 Å². The number of hydrogen-bond acceptors (Lipinski definition) is 6. The third kappa shape index (κ3) is 5.29.